The summed E-state index contributed by atoms with van der Waals surface area (Å²) in [5.41, 5.74) is 5.05. The van der Waals surface area contributed by atoms with Crippen molar-refractivity contribution in [2.75, 3.05) is 39.5 Å². The van der Waals surface area contributed by atoms with E-state index in [-0.39, 0.29) is 38.0 Å². The summed E-state index contributed by atoms with van der Waals surface area (Å²) >= 11 is 0. The lowest BCUT2D eigenvalue weighted by molar-refractivity contribution is -0.142. The van der Waals surface area contributed by atoms with Crippen molar-refractivity contribution in [2.45, 2.75) is 37.3 Å². The molecule has 1 aliphatic heterocycles. The standard InChI is InChI=1S/C33H37N3O6/c37-30(34-16-19-41-23-31(38)39)20-33(14-17-36(18-15-33)21-24-8-2-1-3-9-24)35-32(40)42-22-29-27-12-6-4-10-25(27)26-11-5-7-13-28(26)29/h1-13,29H,14-23H2,(H,34,37)(H,35,40)(H,38,39). The monoisotopic (exact) mass is 571 g/mol. The van der Waals surface area contributed by atoms with E-state index in [0.29, 0.717) is 25.9 Å². The number of carboxylic acid groups (broad SMARTS) is 1. The predicted molar refractivity (Wildman–Crippen MR) is 158 cm³/mol. The van der Waals surface area contributed by atoms with Gasteiger partial charge >= 0.3 is 12.1 Å². The van der Waals surface area contributed by atoms with Crippen LogP contribution in [-0.2, 0) is 25.6 Å². The van der Waals surface area contributed by atoms with Crippen molar-refractivity contribution in [1.29, 1.82) is 0 Å². The Morgan fingerprint density at radius 1 is 0.881 bits per heavy atom. The fourth-order valence-electron chi connectivity index (χ4n) is 5.97. The number of rotatable bonds is 12. The summed E-state index contributed by atoms with van der Waals surface area (Å²) < 4.78 is 10.9. The Balaban J connectivity index is 1.21. The summed E-state index contributed by atoms with van der Waals surface area (Å²) in [4.78, 5) is 39.1. The van der Waals surface area contributed by atoms with Gasteiger partial charge in [-0.3, -0.25) is 9.69 Å². The van der Waals surface area contributed by atoms with Crippen molar-refractivity contribution in [3.63, 3.8) is 0 Å². The number of likely N-dealkylation sites (tertiary alicyclic amines) is 1. The topological polar surface area (TPSA) is 117 Å². The largest absolute Gasteiger partial charge is 0.480 e. The van der Waals surface area contributed by atoms with Crippen LogP contribution >= 0.6 is 0 Å². The van der Waals surface area contributed by atoms with Gasteiger partial charge in [-0.2, -0.15) is 0 Å². The summed E-state index contributed by atoms with van der Waals surface area (Å²) in [6.45, 7) is 2.29. The first-order valence-electron chi connectivity index (χ1n) is 14.4. The molecular weight excluding hydrogens is 534 g/mol. The number of aliphatic carboxylic acids is 1. The molecule has 220 valence electrons. The van der Waals surface area contributed by atoms with Gasteiger partial charge in [-0.15, -0.1) is 0 Å². The SMILES string of the molecule is O=C(O)COCCNC(=O)CC1(NC(=O)OCC2c3ccccc3-c3ccccc32)CCN(Cc2ccccc2)CC1. The first-order chi connectivity index (χ1) is 20.4. The van der Waals surface area contributed by atoms with E-state index in [1.807, 2.05) is 42.5 Å². The second-order valence-corrected chi connectivity index (χ2v) is 11.0. The Morgan fingerprint density at radius 3 is 2.14 bits per heavy atom. The van der Waals surface area contributed by atoms with Gasteiger partial charge in [0.25, 0.3) is 0 Å². The molecule has 0 atom stereocenters. The Labute approximate surface area is 245 Å². The maximum absolute atomic E-state index is 13.3. The van der Waals surface area contributed by atoms with Crippen LogP contribution in [0.5, 0.6) is 0 Å². The Hall–Kier alpha value is -4.21. The lowest BCUT2D eigenvalue weighted by Crippen LogP contribution is -2.57. The number of carbonyl (C=O) groups excluding carboxylic acids is 2. The minimum Gasteiger partial charge on any atom is -0.480 e. The Bertz CT molecular complexity index is 1340. The van der Waals surface area contributed by atoms with Crippen LogP contribution in [0, 0.1) is 0 Å². The number of amides is 2. The number of fused-ring (bicyclic) bond motifs is 3. The number of hydrogen-bond acceptors (Lipinski definition) is 6. The lowest BCUT2D eigenvalue weighted by Gasteiger charge is -2.41. The number of carboxylic acids is 1. The average Bonchev–Trinajstić information content (AvgIpc) is 3.31. The number of alkyl carbamates (subject to hydrolysis) is 1. The number of ether oxygens (including phenoxy) is 2. The van der Waals surface area contributed by atoms with Crippen LogP contribution < -0.4 is 10.6 Å². The van der Waals surface area contributed by atoms with Crippen molar-refractivity contribution >= 4 is 18.0 Å². The fraction of sp³-hybridized carbons (Fsp3) is 0.364. The zero-order valence-electron chi connectivity index (χ0n) is 23.6. The van der Waals surface area contributed by atoms with Crippen LogP contribution in [0.15, 0.2) is 78.9 Å². The number of nitrogens with one attached hydrogen (secondary N) is 2. The molecule has 2 amide bonds. The Morgan fingerprint density at radius 2 is 1.50 bits per heavy atom. The quantitative estimate of drug-likeness (QED) is 0.280. The summed E-state index contributed by atoms with van der Waals surface area (Å²) in [5.74, 6) is -1.35. The van der Waals surface area contributed by atoms with Gasteiger partial charge in [-0.25, -0.2) is 9.59 Å². The van der Waals surface area contributed by atoms with Crippen LogP contribution in [0.25, 0.3) is 11.1 Å². The summed E-state index contributed by atoms with van der Waals surface area (Å²) in [7, 11) is 0. The maximum Gasteiger partial charge on any atom is 0.407 e. The first-order valence-corrected chi connectivity index (χ1v) is 14.4. The third kappa shape index (κ3) is 7.35. The zero-order chi connectivity index (χ0) is 29.4. The average molecular weight is 572 g/mol. The molecule has 2 aliphatic rings. The van der Waals surface area contributed by atoms with E-state index in [2.05, 4.69) is 51.9 Å². The van der Waals surface area contributed by atoms with Gasteiger partial charge in [0.15, 0.2) is 0 Å². The van der Waals surface area contributed by atoms with Gasteiger partial charge in [0.05, 0.1) is 12.1 Å². The van der Waals surface area contributed by atoms with Gasteiger partial charge < -0.3 is 25.2 Å². The highest BCUT2D eigenvalue weighted by Gasteiger charge is 2.39. The molecule has 1 saturated heterocycles. The van der Waals surface area contributed by atoms with Gasteiger partial charge in [0, 0.05) is 38.5 Å². The van der Waals surface area contributed by atoms with Gasteiger partial charge in [-0.05, 0) is 40.7 Å². The maximum atomic E-state index is 13.3. The highest BCUT2D eigenvalue weighted by atomic mass is 16.5. The molecule has 3 N–H and O–H groups in total. The predicted octanol–water partition coefficient (Wildman–Crippen LogP) is 4.17. The molecular formula is C33H37N3O6. The highest BCUT2D eigenvalue weighted by molar-refractivity contribution is 5.80. The van der Waals surface area contributed by atoms with E-state index < -0.39 is 24.2 Å². The second-order valence-electron chi connectivity index (χ2n) is 11.0. The molecule has 1 fully saturated rings. The van der Waals surface area contributed by atoms with Gasteiger partial charge in [0.1, 0.15) is 13.2 Å². The van der Waals surface area contributed by atoms with Crippen LogP contribution in [0.3, 0.4) is 0 Å². The highest BCUT2D eigenvalue weighted by Crippen LogP contribution is 2.44. The van der Waals surface area contributed by atoms with E-state index in [1.54, 1.807) is 0 Å². The van der Waals surface area contributed by atoms with Crippen molar-refractivity contribution in [2.24, 2.45) is 0 Å². The molecule has 3 aromatic carbocycles. The number of benzene rings is 3. The third-order valence-corrected chi connectivity index (χ3v) is 8.07. The van der Waals surface area contributed by atoms with E-state index in [1.165, 1.54) is 5.56 Å². The summed E-state index contributed by atoms with van der Waals surface area (Å²) in [6, 6.07) is 26.6. The van der Waals surface area contributed by atoms with Crippen LogP contribution in [0.1, 0.15) is 41.9 Å². The molecule has 0 radical (unpaired) electrons. The van der Waals surface area contributed by atoms with Crippen molar-refractivity contribution < 1.29 is 29.0 Å². The van der Waals surface area contributed by atoms with Gasteiger partial charge in [0.2, 0.25) is 5.91 Å². The number of carbonyl (C=O) groups is 3. The minimum absolute atomic E-state index is 0.0547. The third-order valence-electron chi connectivity index (χ3n) is 8.07. The molecule has 0 unspecified atom stereocenters. The van der Waals surface area contributed by atoms with E-state index in [9.17, 15) is 14.4 Å². The summed E-state index contributed by atoms with van der Waals surface area (Å²) in [5, 5.41) is 14.6. The normalized spacial score (nSPS) is 15.8. The smallest absolute Gasteiger partial charge is 0.407 e. The van der Waals surface area contributed by atoms with Crippen molar-refractivity contribution in [1.82, 2.24) is 15.5 Å². The minimum atomic E-state index is -1.06. The Kier molecular flexibility index (Phi) is 9.51. The van der Waals surface area contributed by atoms with E-state index >= 15 is 0 Å². The number of hydrogen-bond donors (Lipinski definition) is 3. The molecule has 0 aromatic heterocycles. The molecule has 5 rings (SSSR count). The molecule has 0 bridgehead atoms. The summed E-state index contributed by atoms with van der Waals surface area (Å²) in [6.07, 6.45) is 0.737. The van der Waals surface area contributed by atoms with E-state index in [0.717, 1.165) is 28.8 Å². The number of nitrogens with zero attached hydrogens (tertiary/aromatic N) is 1. The van der Waals surface area contributed by atoms with Crippen LogP contribution in [-0.4, -0.2) is 73.0 Å². The van der Waals surface area contributed by atoms with Crippen LogP contribution in [0.4, 0.5) is 4.79 Å². The lowest BCUT2D eigenvalue weighted by atomic mass is 9.84. The van der Waals surface area contributed by atoms with Gasteiger partial charge in [-0.1, -0.05) is 78.9 Å². The fourth-order valence-corrected chi connectivity index (χ4v) is 5.97. The molecule has 1 aliphatic carbocycles. The second kappa shape index (κ2) is 13.6. The molecule has 9 heteroatoms. The molecule has 9 nitrogen and oxygen atoms in total. The first kappa shape index (κ1) is 29.3. The molecule has 1 heterocycles. The zero-order valence-corrected chi connectivity index (χ0v) is 23.6. The number of piperidine rings is 1. The van der Waals surface area contributed by atoms with Crippen LogP contribution in [0.2, 0.25) is 0 Å². The van der Waals surface area contributed by atoms with E-state index in [4.69, 9.17) is 14.6 Å². The molecule has 0 saturated carbocycles. The van der Waals surface area contributed by atoms with Crippen molar-refractivity contribution in [3.8, 4) is 11.1 Å². The molecule has 3 aromatic rings. The molecule has 0 spiro atoms. The van der Waals surface area contributed by atoms with Crippen molar-refractivity contribution in [3.05, 3.63) is 95.6 Å². The molecule has 42 heavy (non-hydrogen) atoms.